The van der Waals surface area contributed by atoms with Crippen LogP contribution in [-0.2, 0) is 14.4 Å². The zero-order chi connectivity index (χ0) is 58.8. The van der Waals surface area contributed by atoms with Crippen LogP contribution in [-0.4, -0.2) is 139 Å². The lowest BCUT2D eigenvalue weighted by Gasteiger charge is -2.41. The van der Waals surface area contributed by atoms with Crippen LogP contribution in [0.25, 0.3) is 43.2 Å². The minimum absolute atomic E-state index is 0.00337. The third-order valence-electron chi connectivity index (χ3n) is 15.9. The molecule has 3 fully saturated rings. The topological polar surface area (TPSA) is 224 Å². The summed E-state index contributed by atoms with van der Waals surface area (Å²) >= 11 is 8.53. The summed E-state index contributed by atoms with van der Waals surface area (Å²) in [5, 5.41) is 40.1. The molecule has 3 aromatic heterocycles. The van der Waals surface area contributed by atoms with E-state index in [9.17, 15) is 34.2 Å². The molecule has 3 saturated heterocycles. The van der Waals surface area contributed by atoms with E-state index in [1.165, 1.54) is 15.9 Å². The second-order valence-corrected chi connectivity index (χ2v) is 23.4. The van der Waals surface area contributed by atoms with Gasteiger partial charge in [-0.15, -0.1) is 11.3 Å². The number of phenolic OH excluding ortho intramolecular Hbond substituents is 1. The number of carbonyl (C=O) groups is 3. The molecule has 0 spiro atoms. The molecule has 4 aromatic carbocycles. The van der Waals surface area contributed by atoms with Crippen molar-refractivity contribution in [3.8, 4) is 45.3 Å². The van der Waals surface area contributed by atoms with Crippen molar-refractivity contribution in [1.29, 1.82) is 5.26 Å². The highest BCUT2D eigenvalue weighted by Gasteiger charge is 2.44. The third-order valence-corrected chi connectivity index (χ3v) is 17.2. The lowest BCUT2D eigenvalue weighted by Crippen LogP contribution is -2.55. The number of aryl methyl sites for hydroxylation is 1. The predicted molar refractivity (Wildman–Crippen MR) is 311 cm³/mol. The molecule has 83 heavy (non-hydrogen) atoms. The van der Waals surface area contributed by atoms with E-state index in [0.717, 1.165) is 34.5 Å². The molecule has 3 aliphatic rings. The number of piperazine rings is 1. The van der Waals surface area contributed by atoms with E-state index in [4.69, 9.17) is 30.6 Å². The van der Waals surface area contributed by atoms with Crippen molar-refractivity contribution in [3.63, 3.8) is 0 Å². The van der Waals surface area contributed by atoms with Crippen LogP contribution in [0.2, 0.25) is 5.02 Å². The molecule has 0 radical (unpaired) electrons. The number of thiazole rings is 1. The Morgan fingerprint density at radius 3 is 2.46 bits per heavy atom. The number of aliphatic hydroxyl groups is 1. The molecule has 0 saturated carbocycles. The van der Waals surface area contributed by atoms with Gasteiger partial charge in [0.15, 0.2) is 17.4 Å². The number of aromatic hydroxyl groups is 1. The first-order valence-corrected chi connectivity index (χ1v) is 29.1. The van der Waals surface area contributed by atoms with Gasteiger partial charge in [0.2, 0.25) is 11.8 Å². The van der Waals surface area contributed by atoms with Gasteiger partial charge >= 0.3 is 6.01 Å². The Morgan fingerprint density at radius 1 is 0.988 bits per heavy atom. The number of piperidine rings is 1. The molecule has 22 heteroatoms. The summed E-state index contributed by atoms with van der Waals surface area (Å²) in [6, 6.07) is 21.4. The van der Waals surface area contributed by atoms with Crippen LogP contribution in [0.3, 0.4) is 0 Å². The van der Waals surface area contributed by atoms with Crippen molar-refractivity contribution in [1.82, 2.24) is 40.1 Å². The van der Waals surface area contributed by atoms with Gasteiger partial charge in [0.1, 0.15) is 35.1 Å². The first-order chi connectivity index (χ1) is 39.8. The largest absolute Gasteiger partial charge is 0.508 e. The van der Waals surface area contributed by atoms with E-state index in [0.29, 0.717) is 48.3 Å². The SMILES string of the molecule is C=C(F)C(=O)N1CCN(c2nc(O[C@H](C)CN3CCC(COc4cc([C@H](C(=O)N5C[C@H](O)C[C@H]5C(=O)N[C@@H](C)c5ccc(-c6scnc6C)cc5)C(C)C)on4)CC3)nc3c(F)c(-c4cc(O)cc5ccccc45)c(Cl)cc23)C[C@@H]1CC#N. The second-order valence-electron chi connectivity index (χ2n) is 22.1. The number of rotatable bonds is 18. The maximum absolute atomic E-state index is 17.4. The normalized spacial score (nSPS) is 19.0. The van der Waals surface area contributed by atoms with Gasteiger partial charge in [-0.25, -0.2) is 13.8 Å². The number of benzene rings is 4. The molecular weight excluding hydrogens is 1110 g/mol. The van der Waals surface area contributed by atoms with Gasteiger partial charge in [0.05, 0.1) is 58.4 Å². The number of likely N-dealkylation sites (tertiary alicyclic amines) is 2. The molecule has 6 heterocycles. The summed E-state index contributed by atoms with van der Waals surface area (Å²) in [5.41, 5.74) is 4.97. The Bertz CT molecular complexity index is 3610. The summed E-state index contributed by atoms with van der Waals surface area (Å²) in [6.07, 6.45) is 0.192. The first-order valence-electron chi connectivity index (χ1n) is 27.8. The maximum atomic E-state index is 17.4. The lowest BCUT2D eigenvalue weighted by atomic mass is 9.91. The molecule has 0 bridgehead atoms. The van der Waals surface area contributed by atoms with Gasteiger partial charge in [0, 0.05) is 56.2 Å². The Hall–Kier alpha value is -7.77. The summed E-state index contributed by atoms with van der Waals surface area (Å²) < 4.78 is 49.9. The van der Waals surface area contributed by atoms with Crippen LogP contribution in [0.15, 0.2) is 95.2 Å². The van der Waals surface area contributed by atoms with Crippen LogP contribution in [0, 0.1) is 35.9 Å². The van der Waals surface area contributed by atoms with Crippen LogP contribution >= 0.6 is 22.9 Å². The number of halogens is 3. The van der Waals surface area contributed by atoms with Gasteiger partial charge < -0.3 is 44.2 Å². The van der Waals surface area contributed by atoms with E-state index >= 15 is 4.39 Å². The van der Waals surface area contributed by atoms with E-state index < -0.39 is 47.8 Å². The fourth-order valence-electron chi connectivity index (χ4n) is 11.7. The molecule has 10 rings (SSSR count). The number of hydrogen-bond donors (Lipinski definition) is 3. The number of phenols is 1. The van der Waals surface area contributed by atoms with Gasteiger partial charge in [0.25, 0.3) is 11.8 Å². The van der Waals surface area contributed by atoms with Gasteiger partial charge in [-0.2, -0.15) is 15.2 Å². The van der Waals surface area contributed by atoms with Crippen LogP contribution in [0.1, 0.15) is 82.4 Å². The molecule has 0 unspecified atom stereocenters. The van der Waals surface area contributed by atoms with Crippen molar-refractivity contribution in [2.75, 3.05) is 57.3 Å². The molecule has 434 valence electrons. The van der Waals surface area contributed by atoms with Gasteiger partial charge in [-0.05, 0) is 109 Å². The predicted octanol–water partition coefficient (Wildman–Crippen LogP) is 9.92. The van der Waals surface area contributed by atoms with E-state index in [2.05, 4.69) is 38.0 Å². The number of aliphatic hydroxyl groups excluding tert-OH is 1. The number of nitrogens with zero attached hydrogens (tertiary/aromatic N) is 9. The van der Waals surface area contributed by atoms with Crippen LogP contribution in [0.5, 0.6) is 17.6 Å². The number of aromatic nitrogens is 4. The van der Waals surface area contributed by atoms with Crippen molar-refractivity contribution in [2.45, 2.75) is 96.6 Å². The Balaban J connectivity index is 0.778. The number of carbonyl (C=O) groups excluding carboxylic acids is 3. The Labute approximate surface area is 488 Å². The van der Waals surface area contributed by atoms with Crippen molar-refractivity contribution >= 4 is 68.2 Å². The molecule has 3 amide bonds. The summed E-state index contributed by atoms with van der Waals surface area (Å²) in [4.78, 5) is 62.7. The molecule has 3 N–H and O–H groups in total. The average molecular weight is 1170 g/mol. The van der Waals surface area contributed by atoms with Crippen molar-refractivity contribution in [2.24, 2.45) is 11.8 Å². The Morgan fingerprint density at radius 2 is 1.75 bits per heavy atom. The minimum atomic E-state index is -1.14. The second kappa shape index (κ2) is 25.0. The summed E-state index contributed by atoms with van der Waals surface area (Å²) in [6.45, 7) is 15.1. The van der Waals surface area contributed by atoms with Crippen LogP contribution < -0.4 is 19.7 Å². The molecule has 0 aliphatic carbocycles. The number of nitriles is 1. The van der Waals surface area contributed by atoms with Crippen molar-refractivity contribution < 1.29 is 47.4 Å². The highest BCUT2D eigenvalue weighted by Crippen LogP contribution is 2.43. The molecular formula is C61H65ClF2N10O8S. The smallest absolute Gasteiger partial charge is 0.319 e. The van der Waals surface area contributed by atoms with E-state index in [1.807, 2.05) is 70.5 Å². The average Bonchev–Trinajstić information content (AvgIpc) is 2.23. The molecule has 18 nitrogen and oxygen atoms in total. The van der Waals surface area contributed by atoms with Crippen LogP contribution in [0.4, 0.5) is 14.6 Å². The van der Waals surface area contributed by atoms with E-state index in [-0.39, 0.29) is 114 Å². The fraction of sp³-hybridized carbons (Fsp3) is 0.410. The number of amides is 3. The maximum Gasteiger partial charge on any atom is 0.319 e. The summed E-state index contributed by atoms with van der Waals surface area (Å²) in [7, 11) is 0. The third kappa shape index (κ3) is 12.6. The highest BCUT2D eigenvalue weighted by molar-refractivity contribution is 7.13. The summed E-state index contributed by atoms with van der Waals surface area (Å²) in [5.74, 6) is -3.69. The number of β-amino-alcohol motifs (C(OH)–C–C–N with tert-alkyl or cyclic N) is 1. The monoisotopic (exact) mass is 1170 g/mol. The van der Waals surface area contributed by atoms with Gasteiger partial charge in [-0.1, -0.05) is 80.6 Å². The highest BCUT2D eigenvalue weighted by atomic mass is 35.5. The minimum Gasteiger partial charge on any atom is -0.508 e. The number of ether oxygens (including phenoxy) is 2. The first kappa shape index (κ1) is 58.4. The zero-order valence-corrected chi connectivity index (χ0v) is 48.3. The molecule has 6 atom stereocenters. The molecule has 7 aromatic rings. The number of nitrogens with one attached hydrogen (secondary N) is 1. The fourth-order valence-corrected chi connectivity index (χ4v) is 12.8. The molecule has 3 aliphatic heterocycles. The van der Waals surface area contributed by atoms with E-state index in [1.54, 1.807) is 52.6 Å². The number of hydrogen-bond acceptors (Lipinski definition) is 16. The zero-order valence-electron chi connectivity index (χ0n) is 46.7. The Kier molecular flexibility index (Phi) is 17.6. The lowest BCUT2D eigenvalue weighted by molar-refractivity contribution is -0.141. The number of anilines is 1. The standard InChI is InChI=1S/C61H65ClF2N10O8S/c1-33(2)52(60(79)74-30-44(76)25-49(74)58(77)67-36(5)39-11-13-40(14-12-39)56-37(6)66-32-83-56)50-27-51(70-82-50)80-31-38-16-19-71(20-17-38)28-34(3)81-61-68-55-47(57(69-61)72-21-22-73(59(78)35(4)63)42(29-72)15-18-65)26-48(62)53(54(55)64)46-24-43(75)23-41-9-7-8-10-45(41)46/h7-14,23-24,26-27,32-34,36,38,42,44,49,52,75-76H,4,15-17,19-22,25,28-31H2,1-3,5-6H3,(H,67,77)/t34-,36+,42+,44-,49+,52-/m1/s1. The van der Waals surface area contributed by atoms with Gasteiger partial charge in [-0.3, -0.25) is 19.3 Å². The quantitative estimate of drug-likeness (QED) is 0.0680. The number of fused-ring (bicyclic) bond motifs is 2. The van der Waals surface area contributed by atoms with Crippen molar-refractivity contribution in [3.05, 3.63) is 119 Å².